The number of benzene rings is 1. The van der Waals surface area contributed by atoms with Crippen LogP contribution in [-0.2, 0) is 14.3 Å². The molecule has 26 heavy (non-hydrogen) atoms. The van der Waals surface area contributed by atoms with Crippen molar-refractivity contribution in [3.05, 3.63) is 35.9 Å². The molecule has 2 saturated heterocycles. The van der Waals surface area contributed by atoms with Crippen molar-refractivity contribution in [1.82, 2.24) is 15.5 Å². The Balaban J connectivity index is 1.69. The summed E-state index contributed by atoms with van der Waals surface area (Å²) in [7, 11) is 1.68. The highest BCUT2D eigenvalue weighted by Gasteiger charge is 2.40. The molecule has 1 amide bonds. The van der Waals surface area contributed by atoms with Gasteiger partial charge in [-0.15, -0.1) is 0 Å². The average molecular weight is 361 g/mol. The minimum atomic E-state index is -0.410. The van der Waals surface area contributed by atoms with Crippen LogP contribution in [0.5, 0.6) is 0 Å². The Morgan fingerprint density at radius 1 is 1.27 bits per heavy atom. The number of nitrogens with one attached hydrogen (secondary N) is 2. The quantitative estimate of drug-likeness (QED) is 0.764. The van der Waals surface area contributed by atoms with E-state index in [9.17, 15) is 4.79 Å². The van der Waals surface area contributed by atoms with E-state index >= 15 is 0 Å². The predicted octanol–water partition coefficient (Wildman–Crippen LogP) is 1.19. The van der Waals surface area contributed by atoms with Gasteiger partial charge in [0.1, 0.15) is 0 Å². The van der Waals surface area contributed by atoms with Crippen molar-refractivity contribution in [3.8, 4) is 0 Å². The van der Waals surface area contributed by atoms with Crippen LogP contribution in [0.15, 0.2) is 30.3 Å². The normalized spacial score (nSPS) is 21.9. The molecule has 6 nitrogen and oxygen atoms in total. The lowest BCUT2D eigenvalue weighted by atomic mass is 9.78. The fourth-order valence-electron chi connectivity index (χ4n) is 4.02. The molecule has 1 atom stereocenters. The number of morpholine rings is 1. The summed E-state index contributed by atoms with van der Waals surface area (Å²) >= 11 is 0. The van der Waals surface area contributed by atoms with Gasteiger partial charge in [0.15, 0.2) is 0 Å². The Kier molecular flexibility index (Phi) is 7.02. The van der Waals surface area contributed by atoms with Crippen LogP contribution in [0.2, 0.25) is 0 Å². The smallest absolute Gasteiger partial charge is 0.228 e. The van der Waals surface area contributed by atoms with Gasteiger partial charge in [-0.05, 0) is 31.5 Å². The summed E-state index contributed by atoms with van der Waals surface area (Å²) in [5.41, 5.74) is 0.826. The summed E-state index contributed by atoms with van der Waals surface area (Å²) in [6, 6.07) is 10.6. The Bertz CT molecular complexity index is 549. The number of hydrogen-bond acceptors (Lipinski definition) is 5. The average Bonchev–Trinajstić information content (AvgIpc) is 2.70. The Hall–Kier alpha value is -1.47. The molecule has 3 rings (SSSR count). The van der Waals surface area contributed by atoms with Gasteiger partial charge in [0.2, 0.25) is 5.91 Å². The SMILES string of the molecule is COCC1(C(=O)NCC(c2ccccc2)N2CCOCC2)CCNCC1. The van der Waals surface area contributed by atoms with Gasteiger partial charge >= 0.3 is 0 Å². The number of carbonyl (C=O) groups is 1. The third kappa shape index (κ3) is 4.62. The van der Waals surface area contributed by atoms with E-state index in [1.165, 1.54) is 5.56 Å². The van der Waals surface area contributed by atoms with Gasteiger partial charge in [-0.3, -0.25) is 9.69 Å². The first-order valence-corrected chi connectivity index (χ1v) is 9.60. The molecule has 1 unspecified atom stereocenters. The molecule has 6 heteroatoms. The molecule has 2 fully saturated rings. The summed E-state index contributed by atoms with van der Waals surface area (Å²) in [5.74, 6) is 0.120. The van der Waals surface area contributed by atoms with Gasteiger partial charge < -0.3 is 20.1 Å². The van der Waals surface area contributed by atoms with Gasteiger partial charge in [-0.25, -0.2) is 0 Å². The van der Waals surface area contributed by atoms with Crippen molar-refractivity contribution in [3.63, 3.8) is 0 Å². The molecule has 2 aliphatic heterocycles. The fraction of sp³-hybridized carbons (Fsp3) is 0.650. The van der Waals surface area contributed by atoms with Crippen molar-refractivity contribution in [2.24, 2.45) is 5.41 Å². The number of carbonyl (C=O) groups excluding carboxylic acids is 1. The molecule has 2 heterocycles. The zero-order valence-electron chi connectivity index (χ0n) is 15.7. The third-order valence-corrected chi connectivity index (χ3v) is 5.59. The molecule has 1 aromatic rings. The molecule has 2 N–H and O–H groups in total. The summed E-state index contributed by atoms with van der Waals surface area (Å²) in [5, 5.41) is 6.58. The third-order valence-electron chi connectivity index (χ3n) is 5.59. The van der Waals surface area contributed by atoms with Crippen molar-refractivity contribution in [2.45, 2.75) is 18.9 Å². The highest BCUT2D eigenvalue weighted by molar-refractivity contribution is 5.83. The molecule has 0 radical (unpaired) electrons. The zero-order chi connectivity index (χ0) is 18.2. The summed E-state index contributed by atoms with van der Waals surface area (Å²) in [4.78, 5) is 15.5. The molecule has 144 valence electrons. The maximum atomic E-state index is 13.1. The maximum Gasteiger partial charge on any atom is 0.228 e. The van der Waals surface area contributed by atoms with Crippen LogP contribution in [0.3, 0.4) is 0 Å². The monoisotopic (exact) mass is 361 g/mol. The Morgan fingerprint density at radius 3 is 2.62 bits per heavy atom. The second-order valence-corrected chi connectivity index (χ2v) is 7.25. The van der Waals surface area contributed by atoms with Crippen LogP contribution in [0.1, 0.15) is 24.4 Å². The molecular formula is C20H31N3O3. The highest BCUT2D eigenvalue weighted by atomic mass is 16.5. The topological polar surface area (TPSA) is 62.8 Å². The van der Waals surface area contributed by atoms with E-state index in [0.717, 1.165) is 52.2 Å². The number of ether oxygens (including phenoxy) is 2. The van der Waals surface area contributed by atoms with Crippen molar-refractivity contribution >= 4 is 5.91 Å². The molecule has 1 aromatic carbocycles. The molecule has 0 bridgehead atoms. The Morgan fingerprint density at radius 2 is 1.96 bits per heavy atom. The number of methoxy groups -OCH3 is 1. The summed E-state index contributed by atoms with van der Waals surface area (Å²) in [6.07, 6.45) is 1.64. The lowest BCUT2D eigenvalue weighted by molar-refractivity contribution is -0.136. The van der Waals surface area contributed by atoms with Crippen molar-refractivity contribution in [1.29, 1.82) is 0 Å². The lowest BCUT2D eigenvalue weighted by Gasteiger charge is -2.38. The van der Waals surface area contributed by atoms with Crippen LogP contribution < -0.4 is 10.6 Å². The first-order valence-electron chi connectivity index (χ1n) is 9.60. The second-order valence-electron chi connectivity index (χ2n) is 7.25. The van der Waals surface area contributed by atoms with E-state index in [-0.39, 0.29) is 11.9 Å². The predicted molar refractivity (Wildman–Crippen MR) is 101 cm³/mol. The Labute approximate surface area is 156 Å². The van der Waals surface area contributed by atoms with E-state index in [4.69, 9.17) is 9.47 Å². The second kappa shape index (κ2) is 9.46. The highest BCUT2D eigenvalue weighted by Crippen LogP contribution is 2.30. The number of rotatable bonds is 7. The van der Waals surface area contributed by atoms with E-state index in [2.05, 4.69) is 39.8 Å². The summed E-state index contributed by atoms with van der Waals surface area (Å²) < 4.78 is 10.9. The van der Waals surface area contributed by atoms with Crippen LogP contribution in [0, 0.1) is 5.41 Å². The van der Waals surface area contributed by atoms with Crippen LogP contribution in [0.4, 0.5) is 0 Å². The fourth-order valence-corrected chi connectivity index (χ4v) is 4.02. The van der Waals surface area contributed by atoms with Crippen LogP contribution >= 0.6 is 0 Å². The number of amides is 1. The lowest BCUT2D eigenvalue weighted by Crippen LogP contribution is -2.52. The molecule has 0 saturated carbocycles. The van der Waals surface area contributed by atoms with Gasteiger partial charge in [-0.1, -0.05) is 30.3 Å². The van der Waals surface area contributed by atoms with Gasteiger partial charge in [0.25, 0.3) is 0 Å². The van der Waals surface area contributed by atoms with E-state index in [1.54, 1.807) is 7.11 Å². The number of hydrogen-bond donors (Lipinski definition) is 2. The van der Waals surface area contributed by atoms with Crippen molar-refractivity contribution in [2.75, 3.05) is 59.7 Å². The van der Waals surface area contributed by atoms with Gasteiger partial charge in [0, 0.05) is 26.7 Å². The van der Waals surface area contributed by atoms with E-state index in [0.29, 0.717) is 13.2 Å². The molecule has 2 aliphatic rings. The van der Waals surface area contributed by atoms with Crippen LogP contribution in [-0.4, -0.2) is 70.5 Å². The molecular weight excluding hydrogens is 330 g/mol. The number of nitrogens with zero attached hydrogens (tertiary/aromatic N) is 1. The number of piperidine rings is 1. The largest absolute Gasteiger partial charge is 0.384 e. The first-order chi connectivity index (χ1) is 12.7. The maximum absolute atomic E-state index is 13.1. The standard InChI is InChI=1S/C20H31N3O3/c1-25-16-20(7-9-21-10-8-20)19(24)22-15-18(17-5-3-2-4-6-17)23-11-13-26-14-12-23/h2-6,18,21H,7-16H2,1H3,(H,22,24). The minimum absolute atomic E-state index is 0.120. The first kappa shape index (κ1) is 19.3. The zero-order valence-corrected chi connectivity index (χ0v) is 15.7. The minimum Gasteiger partial charge on any atom is -0.384 e. The molecule has 0 spiro atoms. The van der Waals surface area contributed by atoms with E-state index in [1.807, 2.05) is 6.07 Å². The van der Waals surface area contributed by atoms with Gasteiger partial charge in [-0.2, -0.15) is 0 Å². The molecule has 0 aliphatic carbocycles. The summed E-state index contributed by atoms with van der Waals surface area (Å²) in [6.45, 7) is 6.10. The molecule has 0 aromatic heterocycles. The van der Waals surface area contributed by atoms with Gasteiger partial charge in [0.05, 0.1) is 31.3 Å². The van der Waals surface area contributed by atoms with E-state index < -0.39 is 5.41 Å². The van der Waals surface area contributed by atoms with Crippen molar-refractivity contribution < 1.29 is 14.3 Å². The van der Waals surface area contributed by atoms with Crippen LogP contribution in [0.25, 0.3) is 0 Å².